The fraction of sp³-hybridized carbons (Fsp3) is 0.625. The van der Waals surface area contributed by atoms with Gasteiger partial charge in [-0.1, -0.05) is 19.1 Å². The molecule has 0 amide bonds. The van der Waals surface area contributed by atoms with E-state index in [1.165, 1.54) is 19.1 Å². The van der Waals surface area contributed by atoms with E-state index >= 15 is 0 Å². The van der Waals surface area contributed by atoms with Crippen LogP contribution in [0.15, 0.2) is 29.2 Å². The van der Waals surface area contributed by atoms with Crippen molar-refractivity contribution in [2.24, 2.45) is 5.92 Å². The van der Waals surface area contributed by atoms with Crippen LogP contribution in [-0.2, 0) is 9.84 Å². The third-order valence-corrected chi connectivity index (χ3v) is 5.61. The van der Waals surface area contributed by atoms with Gasteiger partial charge in [0.1, 0.15) is 0 Å². The van der Waals surface area contributed by atoms with E-state index in [2.05, 4.69) is 24.1 Å². The second-order valence-electron chi connectivity index (χ2n) is 5.97. The first-order valence-corrected chi connectivity index (χ1v) is 9.59. The maximum atomic E-state index is 11.8. The average molecular weight is 310 g/mol. The van der Waals surface area contributed by atoms with Gasteiger partial charge in [-0.2, -0.15) is 0 Å². The van der Waals surface area contributed by atoms with E-state index in [-0.39, 0.29) is 6.04 Å². The Hall–Kier alpha value is -1.07. The highest BCUT2D eigenvalue weighted by Crippen LogP contribution is 2.26. The van der Waals surface area contributed by atoms with Gasteiger partial charge < -0.3 is 10.2 Å². The van der Waals surface area contributed by atoms with Crippen LogP contribution >= 0.6 is 0 Å². The number of likely N-dealkylation sites (tertiary alicyclic amines) is 1. The summed E-state index contributed by atoms with van der Waals surface area (Å²) in [6.07, 6.45) is 3.60. The van der Waals surface area contributed by atoms with Crippen LogP contribution < -0.4 is 5.32 Å². The monoisotopic (exact) mass is 310 g/mol. The zero-order valence-electron chi connectivity index (χ0n) is 13.2. The van der Waals surface area contributed by atoms with Crippen molar-refractivity contribution < 1.29 is 8.42 Å². The van der Waals surface area contributed by atoms with Gasteiger partial charge in [0.05, 0.1) is 10.6 Å². The highest BCUT2D eigenvalue weighted by atomic mass is 32.2. The highest BCUT2D eigenvalue weighted by molar-refractivity contribution is 7.90. The van der Waals surface area contributed by atoms with Crippen LogP contribution in [0.5, 0.6) is 0 Å². The van der Waals surface area contributed by atoms with Gasteiger partial charge in [0.15, 0.2) is 9.84 Å². The zero-order valence-corrected chi connectivity index (χ0v) is 14.0. The fourth-order valence-electron chi connectivity index (χ4n) is 3.04. The zero-order chi connectivity index (χ0) is 15.5. The fourth-order valence-corrected chi connectivity index (χ4v) is 3.89. The van der Waals surface area contributed by atoms with E-state index in [0.717, 1.165) is 25.3 Å². The molecular formula is C16H26N2O2S. The molecule has 1 heterocycles. The molecular weight excluding hydrogens is 284 g/mol. The third-order valence-electron chi connectivity index (χ3n) is 4.46. The molecule has 21 heavy (non-hydrogen) atoms. The number of anilines is 1. The number of nitrogens with zero attached hydrogens (tertiary/aromatic N) is 1. The topological polar surface area (TPSA) is 49.4 Å². The highest BCUT2D eigenvalue weighted by Gasteiger charge is 2.24. The Morgan fingerprint density at radius 1 is 1.29 bits per heavy atom. The molecule has 0 saturated carbocycles. The van der Waals surface area contributed by atoms with Crippen molar-refractivity contribution in [1.82, 2.24) is 4.90 Å². The molecule has 1 aromatic rings. The lowest BCUT2D eigenvalue weighted by Gasteiger charge is -2.35. The summed E-state index contributed by atoms with van der Waals surface area (Å²) in [6.45, 7) is 7.75. The maximum Gasteiger partial charge on any atom is 0.177 e. The Balaban J connectivity index is 2.05. The minimum atomic E-state index is -3.19. The summed E-state index contributed by atoms with van der Waals surface area (Å²) in [5, 5.41) is 3.42. The van der Waals surface area contributed by atoms with Crippen LogP contribution in [0.25, 0.3) is 0 Å². The molecule has 4 nitrogen and oxygen atoms in total. The number of rotatable bonds is 5. The summed E-state index contributed by atoms with van der Waals surface area (Å²) < 4.78 is 23.7. The van der Waals surface area contributed by atoms with E-state index in [1.807, 2.05) is 12.1 Å². The SMILES string of the molecule is CCN1CCC(C(C)Nc2ccccc2S(C)(=O)=O)CC1. The number of piperidine rings is 1. The van der Waals surface area contributed by atoms with Gasteiger partial charge >= 0.3 is 0 Å². The summed E-state index contributed by atoms with van der Waals surface area (Å²) in [4.78, 5) is 2.86. The van der Waals surface area contributed by atoms with Crippen LogP contribution in [0.2, 0.25) is 0 Å². The molecule has 1 unspecified atom stereocenters. The molecule has 0 radical (unpaired) electrons. The molecule has 1 aliphatic rings. The smallest absolute Gasteiger partial charge is 0.177 e. The van der Waals surface area contributed by atoms with Gasteiger partial charge in [-0.25, -0.2) is 8.42 Å². The number of nitrogens with one attached hydrogen (secondary N) is 1. The number of hydrogen-bond donors (Lipinski definition) is 1. The Morgan fingerprint density at radius 3 is 2.48 bits per heavy atom. The quantitative estimate of drug-likeness (QED) is 0.908. The standard InChI is InChI=1S/C16H26N2O2S/c1-4-18-11-9-14(10-12-18)13(2)17-15-7-5-6-8-16(15)21(3,19)20/h5-8,13-14,17H,4,9-12H2,1-3H3. The van der Waals surface area contributed by atoms with Gasteiger partial charge in [-0.3, -0.25) is 0 Å². The van der Waals surface area contributed by atoms with E-state index < -0.39 is 9.84 Å². The Labute approximate surface area is 128 Å². The molecule has 1 saturated heterocycles. The largest absolute Gasteiger partial charge is 0.381 e. The summed E-state index contributed by atoms with van der Waals surface area (Å²) in [7, 11) is -3.19. The lowest BCUT2D eigenvalue weighted by Crippen LogP contribution is -2.39. The van der Waals surface area contributed by atoms with Gasteiger partial charge in [-0.15, -0.1) is 0 Å². The van der Waals surface area contributed by atoms with E-state index in [0.29, 0.717) is 10.8 Å². The second-order valence-corrected chi connectivity index (χ2v) is 7.96. The number of hydrogen-bond acceptors (Lipinski definition) is 4. The van der Waals surface area contributed by atoms with Crippen molar-refractivity contribution in [3.8, 4) is 0 Å². The predicted octanol–water partition coefficient (Wildman–Crippen LogP) is 2.62. The van der Waals surface area contributed by atoms with Crippen molar-refractivity contribution in [2.45, 2.75) is 37.6 Å². The van der Waals surface area contributed by atoms with Crippen LogP contribution in [0, 0.1) is 5.92 Å². The predicted molar refractivity (Wildman–Crippen MR) is 87.5 cm³/mol. The van der Waals surface area contributed by atoms with Crippen LogP contribution in [0.3, 0.4) is 0 Å². The summed E-state index contributed by atoms with van der Waals surface area (Å²) in [6, 6.07) is 7.46. The lowest BCUT2D eigenvalue weighted by molar-refractivity contribution is 0.183. The summed E-state index contributed by atoms with van der Waals surface area (Å²) in [5.41, 5.74) is 0.727. The normalized spacial score (nSPS) is 19.4. The second kappa shape index (κ2) is 6.79. The van der Waals surface area contributed by atoms with Crippen LogP contribution in [0.1, 0.15) is 26.7 Å². The van der Waals surface area contributed by atoms with Crippen molar-refractivity contribution >= 4 is 15.5 Å². The van der Waals surface area contributed by atoms with E-state index in [9.17, 15) is 8.42 Å². The Kier molecular flexibility index (Phi) is 5.27. The first-order chi connectivity index (χ1) is 9.91. The number of sulfone groups is 1. The molecule has 0 aliphatic carbocycles. The molecule has 1 atom stereocenters. The first-order valence-electron chi connectivity index (χ1n) is 7.69. The van der Waals surface area contributed by atoms with Crippen LogP contribution in [-0.4, -0.2) is 45.2 Å². The van der Waals surface area contributed by atoms with Crippen molar-refractivity contribution in [1.29, 1.82) is 0 Å². The Morgan fingerprint density at radius 2 is 1.90 bits per heavy atom. The minimum Gasteiger partial charge on any atom is -0.381 e. The summed E-state index contributed by atoms with van der Waals surface area (Å²) in [5.74, 6) is 0.598. The molecule has 118 valence electrons. The molecule has 1 aromatic carbocycles. The van der Waals surface area contributed by atoms with Crippen LogP contribution in [0.4, 0.5) is 5.69 Å². The van der Waals surface area contributed by atoms with E-state index in [4.69, 9.17) is 0 Å². The van der Waals surface area contributed by atoms with Gasteiger partial charge in [-0.05, 0) is 57.5 Å². The summed E-state index contributed by atoms with van der Waals surface area (Å²) >= 11 is 0. The maximum absolute atomic E-state index is 11.8. The molecule has 0 aromatic heterocycles. The van der Waals surface area contributed by atoms with Gasteiger partial charge in [0.25, 0.3) is 0 Å². The van der Waals surface area contributed by atoms with Crippen molar-refractivity contribution in [2.75, 3.05) is 31.2 Å². The third kappa shape index (κ3) is 4.20. The molecule has 1 fully saturated rings. The lowest BCUT2D eigenvalue weighted by atomic mass is 9.90. The molecule has 5 heteroatoms. The molecule has 0 spiro atoms. The Bertz CT molecular complexity index is 563. The molecule has 0 bridgehead atoms. The molecule has 2 rings (SSSR count). The number of para-hydroxylation sites is 1. The van der Waals surface area contributed by atoms with Crippen molar-refractivity contribution in [3.05, 3.63) is 24.3 Å². The van der Waals surface area contributed by atoms with Crippen molar-refractivity contribution in [3.63, 3.8) is 0 Å². The molecule has 1 aliphatic heterocycles. The molecule has 1 N–H and O–H groups in total. The first kappa shape index (κ1) is 16.3. The van der Waals surface area contributed by atoms with E-state index in [1.54, 1.807) is 12.1 Å². The van der Waals surface area contributed by atoms with Gasteiger partial charge in [0.2, 0.25) is 0 Å². The average Bonchev–Trinajstić information content (AvgIpc) is 2.47. The van der Waals surface area contributed by atoms with Gasteiger partial charge in [0, 0.05) is 12.3 Å². The minimum absolute atomic E-state index is 0.284. The number of benzene rings is 1.